The van der Waals surface area contributed by atoms with E-state index in [2.05, 4.69) is 44.4 Å². The number of aromatic nitrogens is 1. The first-order chi connectivity index (χ1) is 16.8. The molecule has 1 aromatic heterocycles. The highest BCUT2D eigenvalue weighted by molar-refractivity contribution is 5.82. The molecule has 1 saturated heterocycles. The van der Waals surface area contributed by atoms with Gasteiger partial charge in [-0.25, -0.2) is 0 Å². The van der Waals surface area contributed by atoms with Crippen LogP contribution in [-0.2, 0) is 23.9 Å². The lowest BCUT2D eigenvalue weighted by atomic mass is 9.82. The number of benzene rings is 2. The first-order valence-corrected chi connectivity index (χ1v) is 11.7. The van der Waals surface area contributed by atoms with E-state index in [9.17, 15) is 18.0 Å². The minimum atomic E-state index is -4.42. The Kier molecular flexibility index (Phi) is 6.13. The van der Waals surface area contributed by atoms with Crippen LogP contribution < -0.4 is 15.1 Å². The van der Waals surface area contributed by atoms with Crippen LogP contribution in [0.15, 0.2) is 67.0 Å². The fraction of sp³-hybridized carbons (Fsp3) is 0.333. The number of nitrogens with zero attached hydrogens (tertiary/aromatic N) is 3. The summed E-state index contributed by atoms with van der Waals surface area (Å²) < 4.78 is 40.3. The Balaban J connectivity index is 1.44. The molecule has 5 nitrogen and oxygen atoms in total. The van der Waals surface area contributed by atoms with E-state index >= 15 is 0 Å². The van der Waals surface area contributed by atoms with E-state index in [-0.39, 0.29) is 18.4 Å². The molecule has 0 radical (unpaired) electrons. The minimum absolute atomic E-state index is 0.147. The van der Waals surface area contributed by atoms with Crippen LogP contribution in [0.3, 0.4) is 0 Å². The number of halogens is 3. The van der Waals surface area contributed by atoms with Crippen LogP contribution in [0, 0.1) is 12.8 Å². The van der Waals surface area contributed by atoms with Gasteiger partial charge in [-0.1, -0.05) is 17.7 Å². The molecule has 2 unspecified atom stereocenters. The quantitative estimate of drug-likeness (QED) is 0.594. The van der Waals surface area contributed by atoms with E-state index in [1.165, 1.54) is 11.6 Å². The second kappa shape index (κ2) is 9.24. The van der Waals surface area contributed by atoms with Crippen molar-refractivity contribution in [3.05, 3.63) is 89.2 Å². The molecule has 2 aliphatic rings. The number of anilines is 2. The lowest BCUT2D eigenvalue weighted by Crippen LogP contribution is -2.61. The number of carbonyl (C=O) groups excluding carboxylic acids is 1. The van der Waals surface area contributed by atoms with E-state index in [0.29, 0.717) is 25.2 Å². The number of fused-ring (bicyclic) bond motifs is 3. The molecule has 1 amide bonds. The molecule has 5 rings (SSSR count). The van der Waals surface area contributed by atoms with Crippen LogP contribution in [0.2, 0.25) is 0 Å². The number of nitrogens with one attached hydrogen (secondary N) is 1. The number of piperazine rings is 1. The van der Waals surface area contributed by atoms with E-state index < -0.39 is 17.7 Å². The van der Waals surface area contributed by atoms with Gasteiger partial charge in [0.2, 0.25) is 5.91 Å². The van der Waals surface area contributed by atoms with Gasteiger partial charge in [0.25, 0.3) is 0 Å². The van der Waals surface area contributed by atoms with Crippen molar-refractivity contribution in [3.8, 4) is 0 Å². The fourth-order valence-corrected chi connectivity index (χ4v) is 5.11. The number of carbonyl (C=O) groups is 1. The van der Waals surface area contributed by atoms with Gasteiger partial charge >= 0.3 is 6.18 Å². The van der Waals surface area contributed by atoms with Crippen molar-refractivity contribution < 1.29 is 18.0 Å². The Bertz CT molecular complexity index is 1200. The summed E-state index contributed by atoms with van der Waals surface area (Å²) in [4.78, 5) is 21.8. The highest BCUT2D eigenvalue weighted by Gasteiger charge is 2.42. The van der Waals surface area contributed by atoms with Crippen molar-refractivity contribution in [2.75, 3.05) is 29.4 Å². The largest absolute Gasteiger partial charge is 0.416 e. The van der Waals surface area contributed by atoms with E-state index in [0.717, 1.165) is 29.5 Å². The fourth-order valence-electron chi connectivity index (χ4n) is 5.11. The van der Waals surface area contributed by atoms with Crippen LogP contribution in [0.1, 0.15) is 22.3 Å². The second-order valence-electron chi connectivity index (χ2n) is 9.27. The number of rotatable bonds is 4. The summed E-state index contributed by atoms with van der Waals surface area (Å²) in [6, 6.07) is 15.7. The first-order valence-electron chi connectivity index (χ1n) is 11.7. The van der Waals surface area contributed by atoms with Crippen molar-refractivity contribution in [2.45, 2.75) is 32.1 Å². The van der Waals surface area contributed by atoms with Crippen molar-refractivity contribution in [1.82, 2.24) is 10.3 Å². The zero-order chi connectivity index (χ0) is 24.6. The molecule has 35 heavy (non-hydrogen) atoms. The van der Waals surface area contributed by atoms with Gasteiger partial charge in [-0.05, 0) is 66.9 Å². The number of amides is 1. The summed E-state index contributed by atoms with van der Waals surface area (Å²) in [7, 11) is 0. The Morgan fingerprint density at radius 1 is 1.06 bits per heavy atom. The third-order valence-corrected chi connectivity index (χ3v) is 6.99. The molecular formula is C27H27F3N4O. The normalized spacial score (nSPS) is 19.7. The van der Waals surface area contributed by atoms with Crippen molar-refractivity contribution in [1.29, 1.82) is 0 Å². The number of hydrogen-bond donors (Lipinski definition) is 1. The Morgan fingerprint density at radius 2 is 1.80 bits per heavy atom. The SMILES string of the molecule is Cc1ccc(N2CCN3c4ccc(C(F)(F)F)cc4CC(C(=O)NCc4ccncc4)C3C2)cc1. The number of aryl methyl sites for hydroxylation is 1. The van der Waals surface area contributed by atoms with Gasteiger partial charge in [-0.2, -0.15) is 13.2 Å². The summed E-state index contributed by atoms with van der Waals surface area (Å²) >= 11 is 0. The maximum atomic E-state index is 13.4. The average molecular weight is 481 g/mol. The number of alkyl halides is 3. The molecule has 182 valence electrons. The molecular weight excluding hydrogens is 453 g/mol. The van der Waals surface area contributed by atoms with Crippen LogP contribution in [0.4, 0.5) is 24.5 Å². The molecule has 3 aromatic rings. The van der Waals surface area contributed by atoms with E-state index in [1.807, 2.05) is 19.1 Å². The standard InChI is InChI=1S/C27H27F3N4O/c1-18-2-5-22(6-3-18)33-12-13-34-24-7-4-21(27(28,29)30)14-20(24)15-23(25(34)17-33)26(35)32-16-19-8-10-31-11-9-19/h2-11,14,23,25H,12-13,15-17H2,1H3,(H,32,35). The summed E-state index contributed by atoms with van der Waals surface area (Å²) in [5.41, 5.74) is 3.88. The molecule has 1 fully saturated rings. The molecule has 0 aliphatic carbocycles. The zero-order valence-corrected chi connectivity index (χ0v) is 19.4. The minimum Gasteiger partial charge on any atom is -0.368 e. The molecule has 0 spiro atoms. The molecule has 2 atom stereocenters. The second-order valence-corrected chi connectivity index (χ2v) is 9.27. The van der Waals surface area contributed by atoms with Crippen LogP contribution >= 0.6 is 0 Å². The zero-order valence-electron chi connectivity index (χ0n) is 19.4. The summed E-state index contributed by atoms with van der Waals surface area (Å²) in [5.74, 6) is -0.619. The van der Waals surface area contributed by atoms with Gasteiger partial charge in [0.05, 0.1) is 17.5 Å². The van der Waals surface area contributed by atoms with Crippen LogP contribution in [0.25, 0.3) is 0 Å². The molecule has 2 aliphatic heterocycles. The molecule has 2 aromatic carbocycles. The summed E-state index contributed by atoms with van der Waals surface area (Å²) in [5, 5.41) is 3.01. The summed E-state index contributed by atoms with van der Waals surface area (Å²) in [6.45, 7) is 4.37. The van der Waals surface area contributed by atoms with Gasteiger partial charge in [-0.15, -0.1) is 0 Å². The third-order valence-electron chi connectivity index (χ3n) is 6.99. The average Bonchev–Trinajstić information content (AvgIpc) is 2.86. The van der Waals surface area contributed by atoms with Gasteiger partial charge in [0.15, 0.2) is 0 Å². The van der Waals surface area contributed by atoms with Crippen molar-refractivity contribution >= 4 is 17.3 Å². The maximum absolute atomic E-state index is 13.4. The van der Waals surface area contributed by atoms with Crippen LogP contribution in [0.5, 0.6) is 0 Å². The van der Waals surface area contributed by atoms with Gasteiger partial charge in [-0.3, -0.25) is 9.78 Å². The van der Waals surface area contributed by atoms with Gasteiger partial charge in [0, 0.05) is 49.9 Å². The molecule has 3 heterocycles. The van der Waals surface area contributed by atoms with Gasteiger partial charge < -0.3 is 15.1 Å². The Hall–Kier alpha value is -3.55. The van der Waals surface area contributed by atoms with E-state index in [4.69, 9.17) is 0 Å². The number of pyridine rings is 1. The Labute approximate surface area is 202 Å². The van der Waals surface area contributed by atoms with Crippen molar-refractivity contribution in [2.24, 2.45) is 5.92 Å². The topological polar surface area (TPSA) is 48.5 Å². The number of hydrogen-bond acceptors (Lipinski definition) is 4. The maximum Gasteiger partial charge on any atom is 0.416 e. The lowest BCUT2D eigenvalue weighted by molar-refractivity contribution is -0.137. The predicted molar refractivity (Wildman–Crippen MR) is 129 cm³/mol. The smallest absolute Gasteiger partial charge is 0.368 e. The Morgan fingerprint density at radius 3 is 2.51 bits per heavy atom. The third kappa shape index (κ3) is 4.83. The van der Waals surface area contributed by atoms with E-state index in [1.54, 1.807) is 18.5 Å². The van der Waals surface area contributed by atoms with Crippen LogP contribution in [-0.4, -0.2) is 36.6 Å². The molecule has 0 saturated carbocycles. The molecule has 8 heteroatoms. The monoisotopic (exact) mass is 480 g/mol. The van der Waals surface area contributed by atoms with Crippen molar-refractivity contribution in [3.63, 3.8) is 0 Å². The van der Waals surface area contributed by atoms with Gasteiger partial charge in [0.1, 0.15) is 0 Å². The highest BCUT2D eigenvalue weighted by Crippen LogP contribution is 2.40. The molecule has 1 N–H and O–H groups in total. The predicted octanol–water partition coefficient (Wildman–Crippen LogP) is 4.59. The molecule has 0 bridgehead atoms. The summed E-state index contributed by atoms with van der Waals surface area (Å²) in [6.07, 6.45) is -0.821. The highest BCUT2D eigenvalue weighted by atomic mass is 19.4. The lowest BCUT2D eigenvalue weighted by Gasteiger charge is -2.49. The first kappa shape index (κ1) is 23.2.